The molecule has 0 fully saturated rings. The lowest BCUT2D eigenvalue weighted by Crippen LogP contribution is -2.12. The number of nitrogen functional groups attached to an aromatic ring is 1. The van der Waals surface area contributed by atoms with Crippen molar-refractivity contribution in [3.05, 3.63) is 59.8 Å². The standard InChI is InChI=1S/C19H18N2O3/c1-3-23-19(22)16-12(2)21-14-10-7-11-15(17(14)18(16)20)24-13-8-5-4-6-9-13/h4-11H,3H2,1-2H3,(H2,20,21). The molecule has 2 aromatic carbocycles. The lowest BCUT2D eigenvalue weighted by molar-refractivity contribution is 0.0526. The summed E-state index contributed by atoms with van der Waals surface area (Å²) in [6, 6.07) is 14.9. The van der Waals surface area contributed by atoms with Gasteiger partial charge in [0.25, 0.3) is 0 Å². The third-order valence-electron chi connectivity index (χ3n) is 3.64. The van der Waals surface area contributed by atoms with Crippen molar-refractivity contribution in [3.8, 4) is 11.5 Å². The first-order valence-corrected chi connectivity index (χ1v) is 7.70. The van der Waals surface area contributed by atoms with Gasteiger partial charge in [0, 0.05) is 0 Å². The van der Waals surface area contributed by atoms with Crippen molar-refractivity contribution in [1.29, 1.82) is 0 Å². The number of fused-ring (bicyclic) bond motifs is 1. The number of aryl methyl sites for hydroxylation is 1. The first kappa shape index (κ1) is 15.8. The van der Waals surface area contributed by atoms with E-state index in [1.54, 1.807) is 19.9 Å². The van der Waals surface area contributed by atoms with Crippen LogP contribution < -0.4 is 10.5 Å². The van der Waals surface area contributed by atoms with E-state index in [0.717, 1.165) is 0 Å². The Bertz CT molecular complexity index is 892. The van der Waals surface area contributed by atoms with E-state index in [4.69, 9.17) is 15.2 Å². The molecule has 1 aromatic heterocycles. The number of para-hydroxylation sites is 1. The number of aromatic nitrogens is 1. The molecule has 3 rings (SSSR count). The number of carbonyl (C=O) groups excluding carboxylic acids is 1. The molecule has 0 spiro atoms. The number of anilines is 1. The number of ether oxygens (including phenoxy) is 2. The summed E-state index contributed by atoms with van der Waals surface area (Å²) < 4.78 is 11.0. The number of carbonyl (C=O) groups is 1. The largest absolute Gasteiger partial charge is 0.462 e. The zero-order valence-corrected chi connectivity index (χ0v) is 13.6. The molecule has 0 saturated carbocycles. The molecule has 0 radical (unpaired) electrons. The summed E-state index contributed by atoms with van der Waals surface area (Å²) >= 11 is 0. The van der Waals surface area contributed by atoms with E-state index < -0.39 is 5.97 Å². The molecule has 0 unspecified atom stereocenters. The fourth-order valence-corrected chi connectivity index (χ4v) is 2.60. The second-order valence-electron chi connectivity index (χ2n) is 5.27. The molecule has 0 amide bonds. The quantitative estimate of drug-likeness (QED) is 0.732. The van der Waals surface area contributed by atoms with Crippen LogP contribution in [0, 0.1) is 6.92 Å². The van der Waals surface area contributed by atoms with Gasteiger partial charge in [-0.2, -0.15) is 0 Å². The molecule has 0 bridgehead atoms. The maximum atomic E-state index is 12.2. The van der Waals surface area contributed by atoms with E-state index in [2.05, 4.69) is 4.98 Å². The number of hydrogen-bond donors (Lipinski definition) is 1. The Balaban J connectivity index is 2.17. The lowest BCUT2D eigenvalue weighted by Gasteiger charge is -2.14. The molecule has 1 heterocycles. The molecule has 0 aliphatic rings. The average molecular weight is 322 g/mol. The number of esters is 1. The first-order chi connectivity index (χ1) is 11.6. The Hall–Kier alpha value is -3.08. The van der Waals surface area contributed by atoms with Crippen LogP contribution in [0.2, 0.25) is 0 Å². The Morgan fingerprint density at radius 3 is 2.58 bits per heavy atom. The first-order valence-electron chi connectivity index (χ1n) is 7.70. The summed E-state index contributed by atoms with van der Waals surface area (Å²) in [5.74, 6) is 0.758. The van der Waals surface area contributed by atoms with Crippen LogP contribution in [0.3, 0.4) is 0 Å². The van der Waals surface area contributed by atoms with E-state index in [1.807, 2.05) is 42.5 Å². The zero-order valence-electron chi connectivity index (χ0n) is 13.6. The SMILES string of the molecule is CCOC(=O)c1c(C)nc2cccc(Oc3ccccc3)c2c1N. The summed E-state index contributed by atoms with van der Waals surface area (Å²) in [6.07, 6.45) is 0. The molecule has 5 nitrogen and oxygen atoms in total. The predicted molar refractivity (Wildman–Crippen MR) is 93.4 cm³/mol. The molecule has 2 N–H and O–H groups in total. The summed E-state index contributed by atoms with van der Waals surface area (Å²) in [7, 11) is 0. The average Bonchev–Trinajstić information content (AvgIpc) is 2.56. The van der Waals surface area contributed by atoms with Gasteiger partial charge in [-0.05, 0) is 38.1 Å². The summed E-state index contributed by atoms with van der Waals surface area (Å²) in [5.41, 5.74) is 8.10. The molecule has 0 aliphatic heterocycles. The highest BCUT2D eigenvalue weighted by atomic mass is 16.5. The topological polar surface area (TPSA) is 74.4 Å². The van der Waals surface area contributed by atoms with Gasteiger partial charge in [0.15, 0.2) is 0 Å². The van der Waals surface area contributed by atoms with Gasteiger partial charge in [0.1, 0.15) is 17.1 Å². The van der Waals surface area contributed by atoms with Crippen molar-refractivity contribution < 1.29 is 14.3 Å². The van der Waals surface area contributed by atoms with Crippen LogP contribution in [0.1, 0.15) is 23.0 Å². The van der Waals surface area contributed by atoms with Gasteiger partial charge in [-0.3, -0.25) is 4.98 Å². The van der Waals surface area contributed by atoms with Crippen LogP contribution in [0.5, 0.6) is 11.5 Å². The van der Waals surface area contributed by atoms with E-state index >= 15 is 0 Å². The van der Waals surface area contributed by atoms with Crippen molar-refractivity contribution in [2.24, 2.45) is 0 Å². The number of nitrogens with two attached hydrogens (primary N) is 1. The van der Waals surface area contributed by atoms with E-state index in [0.29, 0.717) is 33.8 Å². The van der Waals surface area contributed by atoms with Crippen LogP contribution in [-0.2, 0) is 4.74 Å². The maximum absolute atomic E-state index is 12.2. The van der Waals surface area contributed by atoms with Gasteiger partial charge < -0.3 is 15.2 Å². The van der Waals surface area contributed by atoms with Gasteiger partial charge in [0.05, 0.1) is 28.9 Å². The van der Waals surface area contributed by atoms with Crippen molar-refractivity contribution in [3.63, 3.8) is 0 Å². The number of rotatable bonds is 4. The smallest absolute Gasteiger partial charge is 0.342 e. The Kier molecular flexibility index (Phi) is 4.33. The molecule has 24 heavy (non-hydrogen) atoms. The minimum Gasteiger partial charge on any atom is -0.462 e. The predicted octanol–water partition coefficient (Wildman–Crippen LogP) is 4.09. The van der Waals surface area contributed by atoms with E-state index in [-0.39, 0.29) is 12.2 Å². The Morgan fingerprint density at radius 2 is 1.88 bits per heavy atom. The van der Waals surface area contributed by atoms with Crippen LogP contribution in [0.4, 0.5) is 5.69 Å². The molecule has 3 aromatic rings. The van der Waals surface area contributed by atoms with E-state index in [1.165, 1.54) is 0 Å². The van der Waals surface area contributed by atoms with Gasteiger partial charge in [-0.25, -0.2) is 4.79 Å². The highest BCUT2D eigenvalue weighted by Gasteiger charge is 2.20. The van der Waals surface area contributed by atoms with Gasteiger partial charge in [-0.15, -0.1) is 0 Å². The van der Waals surface area contributed by atoms with Gasteiger partial charge in [-0.1, -0.05) is 24.3 Å². The van der Waals surface area contributed by atoms with Crippen LogP contribution in [0.15, 0.2) is 48.5 Å². The zero-order chi connectivity index (χ0) is 17.1. The van der Waals surface area contributed by atoms with E-state index in [9.17, 15) is 4.79 Å². The monoisotopic (exact) mass is 322 g/mol. The highest BCUT2D eigenvalue weighted by Crippen LogP contribution is 2.35. The van der Waals surface area contributed by atoms with Crippen LogP contribution in [0.25, 0.3) is 10.9 Å². The van der Waals surface area contributed by atoms with Crippen LogP contribution >= 0.6 is 0 Å². The highest BCUT2D eigenvalue weighted by molar-refractivity contribution is 6.07. The third-order valence-corrected chi connectivity index (χ3v) is 3.64. The maximum Gasteiger partial charge on any atom is 0.342 e. The minimum absolute atomic E-state index is 0.276. The number of pyridine rings is 1. The second-order valence-corrected chi connectivity index (χ2v) is 5.27. The fraction of sp³-hybridized carbons (Fsp3) is 0.158. The van der Waals surface area contributed by atoms with Gasteiger partial charge >= 0.3 is 5.97 Å². The summed E-state index contributed by atoms with van der Waals surface area (Å²) in [4.78, 5) is 16.7. The number of hydrogen-bond acceptors (Lipinski definition) is 5. The summed E-state index contributed by atoms with van der Waals surface area (Å²) in [6.45, 7) is 3.77. The molecule has 0 saturated heterocycles. The van der Waals surface area contributed by atoms with Crippen molar-refractivity contribution >= 4 is 22.6 Å². The molecule has 5 heteroatoms. The summed E-state index contributed by atoms with van der Waals surface area (Å²) in [5, 5.41) is 0.606. The Morgan fingerprint density at radius 1 is 1.12 bits per heavy atom. The Labute approximate surface area is 140 Å². The fourth-order valence-electron chi connectivity index (χ4n) is 2.60. The number of nitrogens with zero attached hydrogens (tertiary/aromatic N) is 1. The molecule has 0 atom stereocenters. The third kappa shape index (κ3) is 2.88. The van der Waals surface area contributed by atoms with Gasteiger partial charge in [0.2, 0.25) is 0 Å². The minimum atomic E-state index is -0.476. The lowest BCUT2D eigenvalue weighted by atomic mass is 10.1. The molecule has 122 valence electrons. The molecule has 0 aliphatic carbocycles. The van der Waals surface area contributed by atoms with Crippen molar-refractivity contribution in [2.45, 2.75) is 13.8 Å². The molecular weight excluding hydrogens is 304 g/mol. The van der Waals surface area contributed by atoms with Crippen molar-refractivity contribution in [1.82, 2.24) is 4.98 Å². The number of benzene rings is 2. The van der Waals surface area contributed by atoms with Crippen LogP contribution in [-0.4, -0.2) is 17.6 Å². The second kappa shape index (κ2) is 6.58. The molecular formula is C19H18N2O3. The normalized spacial score (nSPS) is 10.6. The van der Waals surface area contributed by atoms with Crippen molar-refractivity contribution in [2.75, 3.05) is 12.3 Å².